The first kappa shape index (κ1) is 16.8. The van der Waals surface area contributed by atoms with Crippen molar-refractivity contribution in [1.29, 1.82) is 0 Å². The van der Waals surface area contributed by atoms with Crippen molar-refractivity contribution >= 4 is 16.9 Å². The molecule has 0 amide bonds. The first-order valence-electron chi connectivity index (χ1n) is 8.49. The van der Waals surface area contributed by atoms with E-state index in [1.807, 2.05) is 18.2 Å². The highest BCUT2D eigenvalue weighted by molar-refractivity contribution is 5.95. The molecule has 24 heavy (non-hydrogen) atoms. The number of esters is 1. The molecule has 0 bridgehead atoms. The molecule has 0 aliphatic carbocycles. The summed E-state index contributed by atoms with van der Waals surface area (Å²) in [7, 11) is 0. The molecule has 3 rings (SSSR count). The first-order chi connectivity index (χ1) is 11.8. The maximum absolute atomic E-state index is 11.8. The van der Waals surface area contributed by atoms with Gasteiger partial charge in [0.2, 0.25) is 0 Å². The molecule has 1 N–H and O–H groups in total. The zero-order chi connectivity index (χ0) is 16.8. The van der Waals surface area contributed by atoms with E-state index in [9.17, 15) is 4.79 Å². The minimum atomic E-state index is -0.332. The number of nitrogens with one attached hydrogen (secondary N) is 1. The molecule has 0 radical (unpaired) electrons. The predicted octanol–water partition coefficient (Wildman–Crippen LogP) is 2.45. The van der Waals surface area contributed by atoms with Crippen LogP contribution in [-0.4, -0.2) is 61.9 Å². The predicted molar refractivity (Wildman–Crippen MR) is 91.6 cm³/mol. The normalized spacial score (nSPS) is 15.5. The molecular weight excluding hydrogens is 308 g/mol. The van der Waals surface area contributed by atoms with Gasteiger partial charge in [-0.2, -0.15) is 0 Å². The van der Waals surface area contributed by atoms with Crippen molar-refractivity contribution in [3.63, 3.8) is 0 Å². The summed E-state index contributed by atoms with van der Waals surface area (Å²) >= 11 is 0. The first-order valence-corrected chi connectivity index (χ1v) is 8.49. The highest BCUT2D eigenvalue weighted by atomic mass is 16.5. The summed E-state index contributed by atoms with van der Waals surface area (Å²) in [5.41, 5.74) is 1.37. The number of nitrogens with zero attached hydrogens (tertiary/aromatic N) is 1. The molecule has 2 aromatic rings. The summed E-state index contributed by atoms with van der Waals surface area (Å²) in [6, 6.07) is 7.59. The van der Waals surface area contributed by atoms with Crippen LogP contribution in [0.5, 0.6) is 5.75 Å². The maximum Gasteiger partial charge on any atom is 0.354 e. The fourth-order valence-electron chi connectivity index (χ4n) is 2.82. The number of ether oxygens (including phenoxy) is 3. The monoisotopic (exact) mass is 332 g/mol. The van der Waals surface area contributed by atoms with Crippen molar-refractivity contribution in [1.82, 2.24) is 9.88 Å². The third-order valence-electron chi connectivity index (χ3n) is 4.08. The molecule has 0 saturated carbocycles. The zero-order valence-corrected chi connectivity index (χ0v) is 14.0. The summed E-state index contributed by atoms with van der Waals surface area (Å²) < 4.78 is 16.2. The Bertz CT molecular complexity index is 677. The third kappa shape index (κ3) is 4.27. The highest BCUT2D eigenvalue weighted by Crippen LogP contribution is 2.22. The number of rotatable bonds is 7. The van der Waals surface area contributed by atoms with E-state index in [1.54, 1.807) is 13.0 Å². The summed E-state index contributed by atoms with van der Waals surface area (Å²) in [6.07, 6.45) is 0.985. The molecule has 2 heterocycles. The standard InChI is InChI=1S/C18H24N2O4/c1-2-23-18(21)17-13-14-12-15(4-5-16(14)19-17)24-9-3-6-20-7-10-22-11-8-20/h4-5,12-13,19H,2-3,6-11H2,1H3. The Hall–Kier alpha value is -2.05. The van der Waals surface area contributed by atoms with Crippen LogP contribution in [0.25, 0.3) is 10.9 Å². The van der Waals surface area contributed by atoms with Crippen LogP contribution in [0.15, 0.2) is 24.3 Å². The van der Waals surface area contributed by atoms with Gasteiger partial charge in [0.1, 0.15) is 11.4 Å². The van der Waals surface area contributed by atoms with E-state index < -0.39 is 0 Å². The average Bonchev–Trinajstić information content (AvgIpc) is 3.03. The number of carbonyl (C=O) groups is 1. The second-order valence-corrected chi connectivity index (χ2v) is 5.81. The second kappa shape index (κ2) is 8.17. The Morgan fingerprint density at radius 3 is 2.92 bits per heavy atom. The average molecular weight is 332 g/mol. The fraction of sp³-hybridized carbons (Fsp3) is 0.500. The van der Waals surface area contributed by atoms with Gasteiger partial charge >= 0.3 is 5.97 Å². The van der Waals surface area contributed by atoms with Crippen LogP contribution in [0.2, 0.25) is 0 Å². The number of morpholine rings is 1. The van der Waals surface area contributed by atoms with Crippen LogP contribution in [0.4, 0.5) is 0 Å². The SMILES string of the molecule is CCOC(=O)c1cc2cc(OCCCN3CCOCC3)ccc2[nH]1. The quantitative estimate of drug-likeness (QED) is 0.623. The summed E-state index contributed by atoms with van der Waals surface area (Å²) in [4.78, 5) is 17.2. The van der Waals surface area contributed by atoms with Crippen molar-refractivity contribution in [3.05, 3.63) is 30.0 Å². The van der Waals surface area contributed by atoms with Crippen molar-refractivity contribution in [2.24, 2.45) is 0 Å². The van der Waals surface area contributed by atoms with Gasteiger partial charge in [-0.1, -0.05) is 0 Å². The third-order valence-corrected chi connectivity index (χ3v) is 4.08. The Balaban J connectivity index is 1.52. The molecule has 6 heteroatoms. The van der Waals surface area contributed by atoms with Crippen molar-refractivity contribution in [3.8, 4) is 5.75 Å². The minimum Gasteiger partial charge on any atom is -0.494 e. The number of H-pyrrole nitrogens is 1. The van der Waals surface area contributed by atoms with Gasteiger partial charge in [-0.3, -0.25) is 4.90 Å². The summed E-state index contributed by atoms with van der Waals surface area (Å²) in [6.45, 7) is 7.54. The van der Waals surface area contributed by atoms with Crippen molar-refractivity contribution in [2.45, 2.75) is 13.3 Å². The summed E-state index contributed by atoms with van der Waals surface area (Å²) in [5, 5.41) is 0.948. The van der Waals surface area contributed by atoms with E-state index >= 15 is 0 Å². The minimum absolute atomic E-state index is 0.332. The topological polar surface area (TPSA) is 63.8 Å². The van der Waals surface area contributed by atoms with Gasteiger partial charge in [0.15, 0.2) is 0 Å². The van der Waals surface area contributed by atoms with Gasteiger partial charge < -0.3 is 19.2 Å². The van der Waals surface area contributed by atoms with Gasteiger partial charge in [0.25, 0.3) is 0 Å². The molecule has 1 aromatic carbocycles. The molecular formula is C18H24N2O4. The van der Waals surface area contributed by atoms with E-state index in [-0.39, 0.29) is 5.97 Å². The van der Waals surface area contributed by atoms with Crippen LogP contribution in [-0.2, 0) is 9.47 Å². The van der Waals surface area contributed by atoms with Gasteiger partial charge in [-0.15, -0.1) is 0 Å². The summed E-state index contributed by atoms with van der Waals surface area (Å²) in [5.74, 6) is 0.487. The lowest BCUT2D eigenvalue weighted by molar-refractivity contribution is 0.0358. The molecule has 1 aromatic heterocycles. The Kier molecular flexibility index (Phi) is 5.72. The second-order valence-electron chi connectivity index (χ2n) is 5.81. The Labute approximate surface area is 141 Å². The van der Waals surface area contributed by atoms with E-state index in [4.69, 9.17) is 14.2 Å². The van der Waals surface area contributed by atoms with Crippen LogP contribution in [0.3, 0.4) is 0 Å². The van der Waals surface area contributed by atoms with Crippen molar-refractivity contribution < 1.29 is 19.0 Å². The lowest BCUT2D eigenvalue weighted by Crippen LogP contribution is -2.37. The molecule has 6 nitrogen and oxygen atoms in total. The van der Waals surface area contributed by atoms with Gasteiger partial charge in [-0.05, 0) is 37.6 Å². The number of fused-ring (bicyclic) bond motifs is 1. The molecule has 1 aliphatic heterocycles. The van der Waals surface area contributed by atoms with Crippen LogP contribution in [0, 0.1) is 0 Å². The number of hydrogen-bond donors (Lipinski definition) is 1. The maximum atomic E-state index is 11.8. The van der Waals surface area contributed by atoms with Gasteiger partial charge in [0, 0.05) is 30.5 Å². The van der Waals surface area contributed by atoms with Gasteiger partial charge in [-0.25, -0.2) is 4.79 Å². The molecule has 1 saturated heterocycles. The van der Waals surface area contributed by atoms with Crippen LogP contribution in [0.1, 0.15) is 23.8 Å². The fourth-order valence-corrected chi connectivity index (χ4v) is 2.82. The highest BCUT2D eigenvalue weighted by Gasteiger charge is 2.11. The van der Waals surface area contributed by atoms with Crippen LogP contribution < -0.4 is 4.74 Å². The molecule has 0 unspecified atom stereocenters. The lowest BCUT2D eigenvalue weighted by Gasteiger charge is -2.26. The Morgan fingerprint density at radius 1 is 1.29 bits per heavy atom. The molecule has 1 aliphatic rings. The van der Waals surface area contributed by atoms with E-state index in [0.29, 0.717) is 18.9 Å². The molecule has 0 spiro atoms. The Morgan fingerprint density at radius 2 is 2.12 bits per heavy atom. The number of carbonyl (C=O) groups excluding carboxylic acids is 1. The van der Waals surface area contributed by atoms with E-state index in [0.717, 1.165) is 55.9 Å². The van der Waals surface area contributed by atoms with Crippen LogP contribution >= 0.6 is 0 Å². The number of aromatic nitrogens is 1. The van der Waals surface area contributed by atoms with Crippen molar-refractivity contribution in [2.75, 3.05) is 46.1 Å². The smallest absolute Gasteiger partial charge is 0.354 e. The largest absolute Gasteiger partial charge is 0.494 e. The molecule has 0 atom stereocenters. The zero-order valence-electron chi connectivity index (χ0n) is 14.0. The van der Waals surface area contributed by atoms with Gasteiger partial charge in [0.05, 0.1) is 26.4 Å². The molecule has 1 fully saturated rings. The molecule has 130 valence electrons. The van der Waals surface area contributed by atoms with E-state index in [2.05, 4.69) is 9.88 Å². The lowest BCUT2D eigenvalue weighted by atomic mass is 10.2. The number of aromatic amines is 1. The van der Waals surface area contributed by atoms with E-state index in [1.165, 1.54) is 0 Å². The number of benzene rings is 1. The number of hydrogen-bond acceptors (Lipinski definition) is 5.